The summed E-state index contributed by atoms with van der Waals surface area (Å²) in [6.07, 6.45) is 5.20. The lowest BCUT2D eigenvalue weighted by atomic mass is 10.1. The van der Waals surface area contributed by atoms with Gasteiger partial charge in [0.05, 0.1) is 6.61 Å². The first-order chi connectivity index (χ1) is 10.3. The van der Waals surface area contributed by atoms with E-state index in [4.69, 9.17) is 4.74 Å². The van der Waals surface area contributed by atoms with Gasteiger partial charge < -0.3 is 10.1 Å². The first kappa shape index (κ1) is 16.3. The van der Waals surface area contributed by atoms with Crippen LogP contribution >= 0.6 is 0 Å². The Kier molecular flexibility index (Phi) is 7.04. The molecule has 1 unspecified atom stereocenters. The predicted molar refractivity (Wildman–Crippen MR) is 88.8 cm³/mol. The molecule has 1 aromatic rings. The number of nitrogens with one attached hydrogen (secondary N) is 1. The summed E-state index contributed by atoms with van der Waals surface area (Å²) in [7, 11) is 0. The topological polar surface area (TPSA) is 24.5 Å². The lowest BCUT2D eigenvalue weighted by Crippen LogP contribution is -2.37. The Hall–Kier alpha value is -1.06. The predicted octanol–water partition coefficient (Wildman–Crippen LogP) is 3.44. The Labute approximate surface area is 129 Å². The van der Waals surface area contributed by atoms with Crippen LogP contribution in [0.25, 0.3) is 0 Å². The zero-order valence-corrected chi connectivity index (χ0v) is 13.6. The van der Waals surface area contributed by atoms with Crippen molar-refractivity contribution in [3.63, 3.8) is 0 Å². The summed E-state index contributed by atoms with van der Waals surface area (Å²) in [6, 6.07) is 9.26. The smallest absolute Gasteiger partial charge is 0.119 e. The van der Waals surface area contributed by atoms with E-state index in [1.54, 1.807) is 0 Å². The van der Waals surface area contributed by atoms with Crippen molar-refractivity contribution in [3.05, 3.63) is 29.8 Å². The number of hydrogen-bond donors (Lipinski definition) is 1. The molecule has 0 aromatic heterocycles. The third-order valence-electron chi connectivity index (χ3n) is 4.11. The minimum absolute atomic E-state index is 0.685. The summed E-state index contributed by atoms with van der Waals surface area (Å²) < 4.78 is 5.51. The van der Waals surface area contributed by atoms with Crippen LogP contribution in [0.2, 0.25) is 0 Å². The van der Waals surface area contributed by atoms with Gasteiger partial charge in [0.1, 0.15) is 5.75 Å². The van der Waals surface area contributed by atoms with E-state index in [1.807, 2.05) is 6.92 Å². The van der Waals surface area contributed by atoms with E-state index in [1.165, 1.54) is 50.9 Å². The van der Waals surface area contributed by atoms with Crippen molar-refractivity contribution in [2.75, 3.05) is 26.2 Å². The maximum atomic E-state index is 5.51. The zero-order chi connectivity index (χ0) is 14.9. The molecule has 1 atom stereocenters. The molecular weight excluding hydrogens is 260 g/mol. The van der Waals surface area contributed by atoms with Crippen molar-refractivity contribution in [3.8, 4) is 5.75 Å². The number of hydrogen-bond acceptors (Lipinski definition) is 3. The third-order valence-corrected chi connectivity index (χ3v) is 4.11. The zero-order valence-electron chi connectivity index (χ0n) is 13.6. The van der Waals surface area contributed by atoms with Crippen molar-refractivity contribution in [2.45, 2.75) is 52.1 Å². The van der Waals surface area contributed by atoms with Crippen molar-refractivity contribution in [1.29, 1.82) is 0 Å². The summed E-state index contributed by atoms with van der Waals surface area (Å²) >= 11 is 0. The van der Waals surface area contributed by atoms with Gasteiger partial charge in [0.15, 0.2) is 0 Å². The first-order valence-electron chi connectivity index (χ1n) is 8.49. The minimum atomic E-state index is 0.685. The second kappa shape index (κ2) is 9.06. The van der Waals surface area contributed by atoms with Gasteiger partial charge in [0, 0.05) is 19.1 Å². The number of rotatable bonds is 9. The Morgan fingerprint density at radius 2 is 2.05 bits per heavy atom. The molecule has 1 aliphatic rings. The van der Waals surface area contributed by atoms with Crippen molar-refractivity contribution < 1.29 is 4.74 Å². The van der Waals surface area contributed by atoms with Gasteiger partial charge in [-0.2, -0.15) is 0 Å². The van der Waals surface area contributed by atoms with E-state index in [2.05, 4.69) is 41.4 Å². The molecule has 1 N–H and O–H groups in total. The number of benzene rings is 1. The van der Waals surface area contributed by atoms with Crippen LogP contribution in [-0.2, 0) is 6.54 Å². The summed E-state index contributed by atoms with van der Waals surface area (Å²) in [4.78, 5) is 2.60. The molecule has 21 heavy (non-hydrogen) atoms. The Balaban J connectivity index is 1.89. The highest BCUT2D eigenvalue weighted by molar-refractivity contribution is 5.27. The fourth-order valence-electron chi connectivity index (χ4n) is 2.96. The summed E-state index contributed by atoms with van der Waals surface area (Å²) in [5.74, 6) is 0.971. The molecule has 1 heterocycles. The van der Waals surface area contributed by atoms with Crippen molar-refractivity contribution in [2.24, 2.45) is 0 Å². The van der Waals surface area contributed by atoms with E-state index in [9.17, 15) is 0 Å². The quantitative estimate of drug-likeness (QED) is 0.754. The maximum absolute atomic E-state index is 5.51. The van der Waals surface area contributed by atoms with Gasteiger partial charge in [-0.25, -0.2) is 0 Å². The summed E-state index contributed by atoms with van der Waals surface area (Å²) in [5.41, 5.74) is 1.38. The minimum Gasteiger partial charge on any atom is -0.494 e. The van der Waals surface area contributed by atoms with Gasteiger partial charge in [-0.05, 0) is 57.0 Å². The molecule has 1 aliphatic heterocycles. The van der Waals surface area contributed by atoms with Gasteiger partial charge in [-0.1, -0.05) is 25.5 Å². The van der Waals surface area contributed by atoms with Crippen LogP contribution in [0.5, 0.6) is 5.75 Å². The van der Waals surface area contributed by atoms with Gasteiger partial charge in [-0.15, -0.1) is 0 Å². The second-order valence-electron chi connectivity index (χ2n) is 5.96. The van der Waals surface area contributed by atoms with Crippen LogP contribution in [-0.4, -0.2) is 37.2 Å². The van der Waals surface area contributed by atoms with Crippen molar-refractivity contribution >= 4 is 0 Å². The molecule has 118 valence electrons. The molecule has 1 aromatic carbocycles. The summed E-state index contributed by atoms with van der Waals surface area (Å²) in [6.45, 7) is 9.63. The van der Waals surface area contributed by atoms with Crippen LogP contribution in [0.15, 0.2) is 24.3 Å². The van der Waals surface area contributed by atoms with Crippen LogP contribution in [0, 0.1) is 0 Å². The van der Waals surface area contributed by atoms with E-state index < -0.39 is 0 Å². The van der Waals surface area contributed by atoms with E-state index in [0.29, 0.717) is 6.04 Å². The average molecular weight is 290 g/mol. The first-order valence-corrected chi connectivity index (χ1v) is 8.49. The van der Waals surface area contributed by atoms with Gasteiger partial charge in [-0.3, -0.25) is 4.90 Å². The van der Waals surface area contributed by atoms with Crippen molar-refractivity contribution in [1.82, 2.24) is 10.2 Å². The molecule has 0 radical (unpaired) electrons. The van der Waals surface area contributed by atoms with Crippen LogP contribution < -0.4 is 10.1 Å². The Morgan fingerprint density at radius 1 is 1.24 bits per heavy atom. The fraction of sp³-hybridized carbons (Fsp3) is 0.667. The molecule has 1 saturated heterocycles. The van der Waals surface area contributed by atoms with Gasteiger partial charge in [0.25, 0.3) is 0 Å². The van der Waals surface area contributed by atoms with Gasteiger partial charge >= 0.3 is 0 Å². The Bertz CT molecular complexity index is 385. The van der Waals surface area contributed by atoms with Gasteiger partial charge in [0.2, 0.25) is 0 Å². The SMILES string of the molecule is CCCCN(Cc1ccc(OCC)cc1)CC1CCCN1. The highest BCUT2D eigenvalue weighted by Crippen LogP contribution is 2.15. The van der Waals surface area contributed by atoms with E-state index >= 15 is 0 Å². The third kappa shape index (κ3) is 5.68. The number of nitrogens with zero attached hydrogens (tertiary/aromatic N) is 1. The Morgan fingerprint density at radius 3 is 2.67 bits per heavy atom. The second-order valence-corrected chi connectivity index (χ2v) is 5.96. The van der Waals surface area contributed by atoms with E-state index in [0.717, 1.165) is 18.9 Å². The number of ether oxygens (including phenoxy) is 1. The lowest BCUT2D eigenvalue weighted by Gasteiger charge is -2.25. The molecule has 1 fully saturated rings. The molecule has 0 amide bonds. The highest BCUT2D eigenvalue weighted by atomic mass is 16.5. The monoisotopic (exact) mass is 290 g/mol. The largest absolute Gasteiger partial charge is 0.494 e. The standard InChI is InChI=1S/C18H30N2O/c1-3-5-13-20(15-17-7-6-12-19-17)14-16-8-10-18(11-9-16)21-4-2/h8-11,17,19H,3-7,12-15H2,1-2H3. The maximum Gasteiger partial charge on any atom is 0.119 e. The molecule has 2 rings (SSSR count). The molecule has 0 aliphatic carbocycles. The van der Waals surface area contributed by atoms with Crippen LogP contribution in [0.3, 0.4) is 0 Å². The molecular formula is C18H30N2O. The van der Waals surface area contributed by atoms with Crippen LogP contribution in [0.1, 0.15) is 45.1 Å². The molecule has 0 spiro atoms. The number of unbranched alkanes of at least 4 members (excludes halogenated alkanes) is 1. The fourth-order valence-corrected chi connectivity index (χ4v) is 2.96. The van der Waals surface area contributed by atoms with Crippen LogP contribution in [0.4, 0.5) is 0 Å². The summed E-state index contributed by atoms with van der Waals surface area (Å²) in [5, 5.41) is 3.61. The highest BCUT2D eigenvalue weighted by Gasteiger charge is 2.17. The normalized spacial score (nSPS) is 18.3. The average Bonchev–Trinajstić information content (AvgIpc) is 3.00. The van der Waals surface area contributed by atoms with E-state index in [-0.39, 0.29) is 0 Å². The molecule has 0 bridgehead atoms. The molecule has 0 saturated carbocycles. The lowest BCUT2D eigenvalue weighted by molar-refractivity contribution is 0.237. The molecule has 3 heteroatoms. The molecule has 3 nitrogen and oxygen atoms in total.